The first-order valence-electron chi connectivity index (χ1n) is 28.9. The van der Waals surface area contributed by atoms with E-state index < -0.39 is 24.3 Å². The van der Waals surface area contributed by atoms with E-state index in [1.54, 1.807) is 0 Å². The lowest BCUT2D eigenvalue weighted by molar-refractivity contribution is -0.870. The van der Waals surface area contributed by atoms with Crippen LogP contribution >= 0.6 is 0 Å². The van der Waals surface area contributed by atoms with Crippen LogP contribution in [0.5, 0.6) is 0 Å². The number of quaternary nitrogens is 1. The van der Waals surface area contributed by atoms with Crippen LogP contribution in [0, 0.1) is 0 Å². The molecule has 0 aromatic heterocycles. The molecule has 67 heavy (non-hydrogen) atoms. The number of unbranched alkanes of at least 4 members (excludes halogenated alkanes) is 37. The third-order valence-electron chi connectivity index (χ3n) is 13.0. The quantitative estimate of drug-likeness (QED) is 0.0211. The monoisotopic (exact) mass is 951 g/mol. The molecule has 0 aliphatic rings. The number of hydrogen-bond acceptors (Lipinski definition) is 7. The van der Waals surface area contributed by atoms with Crippen LogP contribution in [0.3, 0.4) is 0 Å². The predicted octanol–water partition coefficient (Wildman–Crippen LogP) is 16.6. The number of esters is 2. The number of carboxylic acid groups (broad SMARTS) is 1. The zero-order valence-corrected chi connectivity index (χ0v) is 45.1. The fourth-order valence-electron chi connectivity index (χ4n) is 8.55. The maximum Gasteiger partial charge on any atom is 0.361 e. The summed E-state index contributed by atoms with van der Waals surface area (Å²) in [6.07, 6.45) is 54.8. The number of allylic oxidation sites excluding steroid dienone is 2. The minimum atomic E-state index is -1.51. The largest absolute Gasteiger partial charge is 0.477 e. The van der Waals surface area contributed by atoms with Crippen LogP contribution in [-0.2, 0) is 33.3 Å². The Balaban J connectivity index is 3.94. The third-order valence-corrected chi connectivity index (χ3v) is 13.0. The van der Waals surface area contributed by atoms with Gasteiger partial charge in [0, 0.05) is 12.8 Å². The molecular weight excluding hydrogens is 839 g/mol. The molecule has 0 aliphatic carbocycles. The summed E-state index contributed by atoms with van der Waals surface area (Å²) in [5.41, 5.74) is 0. The standard InChI is InChI=1S/C58H111NO8/c1-6-8-10-12-14-16-18-19-20-21-22-23-24-25-26-27-28-29-30-31-32-33-34-35-36-37-38-39-41-42-44-46-48-55(60)65-52-54(53-66-58(57(62)63)64-51-50-59(3,4)5)67-56(61)49-47-45-43-40-17-15-13-11-9-7-2/h11,13,54,58H,6-10,12,14-53H2,1-5H3/p+1/b13-11-. The lowest BCUT2D eigenvalue weighted by Gasteiger charge is -2.25. The van der Waals surface area contributed by atoms with E-state index in [9.17, 15) is 19.5 Å². The highest BCUT2D eigenvalue weighted by Crippen LogP contribution is 2.18. The second-order valence-corrected chi connectivity index (χ2v) is 21.0. The van der Waals surface area contributed by atoms with Gasteiger partial charge in [0.25, 0.3) is 6.29 Å². The zero-order valence-electron chi connectivity index (χ0n) is 45.1. The minimum absolute atomic E-state index is 0.180. The number of rotatable bonds is 54. The molecule has 0 aliphatic heterocycles. The van der Waals surface area contributed by atoms with Gasteiger partial charge in [-0.3, -0.25) is 9.59 Å². The average molecular weight is 952 g/mol. The van der Waals surface area contributed by atoms with Gasteiger partial charge in [-0.25, -0.2) is 4.79 Å². The number of ether oxygens (including phenoxy) is 4. The van der Waals surface area contributed by atoms with Gasteiger partial charge in [0.05, 0.1) is 34.4 Å². The van der Waals surface area contributed by atoms with Crippen LogP contribution in [-0.4, -0.2) is 87.4 Å². The Bertz CT molecular complexity index is 1110. The van der Waals surface area contributed by atoms with Crippen LogP contribution < -0.4 is 0 Å². The summed E-state index contributed by atoms with van der Waals surface area (Å²) in [4.78, 5) is 37.2. The highest BCUT2D eigenvalue weighted by molar-refractivity contribution is 5.71. The van der Waals surface area contributed by atoms with Crippen molar-refractivity contribution in [3.63, 3.8) is 0 Å². The first kappa shape index (κ1) is 65.0. The van der Waals surface area contributed by atoms with E-state index in [4.69, 9.17) is 18.9 Å². The average Bonchev–Trinajstić information content (AvgIpc) is 3.29. The fraction of sp³-hybridized carbons (Fsp3) is 0.914. The number of carbonyl (C=O) groups is 3. The predicted molar refractivity (Wildman–Crippen MR) is 281 cm³/mol. The number of nitrogens with zero attached hydrogens (tertiary/aromatic N) is 1. The van der Waals surface area contributed by atoms with E-state index >= 15 is 0 Å². The van der Waals surface area contributed by atoms with Gasteiger partial charge in [-0.1, -0.05) is 251 Å². The van der Waals surface area contributed by atoms with Gasteiger partial charge in [-0.15, -0.1) is 0 Å². The summed E-state index contributed by atoms with van der Waals surface area (Å²) >= 11 is 0. The number of likely N-dealkylation sites (N-methyl/N-ethyl adjacent to an activating group) is 1. The van der Waals surface area contributed by atoms with Crippen LogP contribution in [0.15, 0.2) is 12.2 Å². The molecule has 0 bridgehead atoms. The van der Waals surface area contributed by atoms with Crippen LogP contribution in [0.4, 0.5) is 0 Å². The van der Waals surface area contributed by atoms with Crippen molar-refractivity contribution in [1.82, 2.24) is 0 Å². The summed E-state index contributed by atoms with van der Waals surface area (Å²) in [7, 11) is 5.96. The molecule has 9 nitrogen and oxygen atoms in total. The van der Waals surface area contributed by atoms with Crippen molar-refractivity contribution in [3.8, 4) is 0 Å². The van der Waals surface area contributed by atoms with Gasteiger partial charge < -0.3 is 28.5 Å². The Kier molecular flexibility index (Phi) is 48.9. The topological polar surface area (TPSA) is 108 Å². The highest BCUT2D eigenvalue weighted by Gasteiger charge is 2.25. The minimum Gasteiger partial charge on any atom is -0.477 e. The van der Waals surface area contributed by atoms with E-state index in [2.05, 4.69) is 26.0 Å². The maximum absolute atomic E-state index is 12.7. The highest BCUT2D eigenvalue weighted by atomic mass is 16.7. The van der Waals surface area contributed by atoms with E-state index in [1.165, 1.54) is 193 Å². The van der Waals surface area contributed by atoms with E-state index in [0.717, 1.165) is 57.8 Å². The van der Waals surface area contributed by atoms with Crippen molar-refractivity contribution >= 4 is 17.9 Å². The molecule has 2 atom stereocenters. The van der Waals surface area contributed by atoms with Gasteiger partial charge in [-0.2, -0.15) is 0 Å². The van der Waals surface area contributed by atoms with Crippen molar-refractivity contribution in [3.05, 3.63) is 12.2 Å². The normalized spacial score (nSPS) is 12.8. The van der Waals surface area contributed by atoms with Gasteiger partial charge in [0.2, 0.25) is 0 Å². The lowest BCUT2D eigenvalue weighted by atomic mass is 10.0. The van der Waals surface area contributed by atoms with Crippen molar-refractivity contribution in [2.45, 2.75) is 296 Å². The molecule has 0 amide bonds. The first-order valence-corrected chi connectivity index (χ1v) is 28.9. The molecule has 0 aromatic carbocycles. The molecule has 2 unspecified atom stereocenters. The Morgan fingerprint density at radius 2 is 0.791 bits per heavy atom. The van der Waals surface area contributed by atoms with Gasteiger partial charge in [0.1, 0.15) is 13.2 Å². The fourth-order valence-corrected chi connectivity index (χ4v) is 8.55. The van der Waals surface area contributed by atoms with Crippen LogP contribution in [0.1, 0.15) is 284 Å². The van der Waals surface area contributed by atoms with Gasteiger partial charge in [0.15, 0.2) is 6.10 Å². The second-order valence-electron chi connectivity index (χ2n) is 21.0. The Labute approximate surface area is 415 Å². The molecule has 0 saturated carbocycles. The first-order chi connectivity index (χ1) is 32.6. The summed E-state index contributed by atoms with van der Waals surface area (Å²) in [6, 6.07) is 0. The molecule has 396 valence electrons. The smallest absolute Gasteiger partial charge is 0.361 e. The van der Waals surface area contributed by atoms with Crippen molar-refractivity contribution in [2.75, 3.05) is 47.5 Å². The Morgan fingerprint density at radius 3 is 1.16 bits per heavy atom. The van der Waals surface area contributed by atoms with Crippen molar-refractivity contribution in [2.24, 2.45) is 0 Å². The molecule has 0 saturated heterocycles. The zero-order chi connectivity index (χ0) is 49.2. The van der Waals surface area contributed by atoms with Crippen molar-refractivity contribution in [1.29, 1.82) is 0 Å². The molecule has 1 N–H and O–H groups in total. The summed E-state index contributed by atoms with van der Waals surface area (Å²) < 4.78 is 22.8. The number of carboxylic acids is 1. The molecule has 0 heterocycles. The van der Waals surface area contributed by atoms with Gasteiger partial charge >= 0.3 is 17.9 Å². The number of aliphatic carboxylic acids is 1. The SMILES string of the molecule is CCC/C=C\CCCCCCCC(=O)OC(COC(=O)CCCCCCCCCCCCCCCCCCCCCCCCCCCCCCCCCC)COC(OCC[N+](C)(C)C)C(=O)O. The molecule has 9 heteroatoms. The van der Waals surface area contributed by atoms with E-state index in [1.807, 2.05) is 21.1 Å². The van der Waals surface area contributed by atoms with Crippen molar-refractivity contribution < 1.29 is 42.9 Å². The van der Waals surface area contributed by atoms with Gasteiger partial charge in [-0.05, 0) is 32.1 Å². The Hall–Kier alpha value is -1.97. The van der Waals surface area contributed by atoms with E-state index in [0.29, 0.717) is 23.9 Å². The number of hydrogen-bond donors (Lipinski definition) is 1. The molecular formula is C58H112NO8+. The summed E-state index contributed by atoms with van der Waals surface area (Å²) in [5, 5.41) is 9.65. The molecule has 0 rings (SSSR count). The summed E-state index contributed by atoms with van der Waals surface area (Å²) in [5.74, 6) is -2.00. The third kappa shape index (κ3) is 51.7. The second kappa shape index (κ2) is 50.4. The molecule has 0 spiro atoms. The molecule has 0 aromatic rings. The van der Waals surface area contributed by atoms with E-state index in [-0.39, 0.29) is 32.2 Å². The Morgan fingerprint density at radius 1 is 0.433 bits per heavy atom. The van der Waals surface area contributed by atoms with Crippen LogP contribution in [0.2, 0.25) is 0 Å². The maximum atomic E-state index is 12.7. The molecule has 0 fully saturated rings. The number of carbonyl (C=O) groups excluding carboxylic acids is 2. The van der Waals surface area contributed by atoms with Crippen LogP contribution in [0.25, 0.3) is 0 Å². The lowest BCUT2D eigenvalue weighted by Crippen LogP contribution is -2.40. The summed E-state index contributed by atoms with van der Waals surface area (Å²) in [6.45, 7) is 4.84. The molecule has 0 radical (unpaired) electrons.